The maximum absolute atomic E-state index is 14.2. The first-order valence-corrected chi connectivity index (χ1v) is 9.33. The maximum atomic E-state index is 14.2. The molecule has 136 valence electrons. The molecule has 26 heavy (non-hydrogen) atoms. The number of Topliss-reactive ketones (excluding diaryl/α,β-unsaturated/α-hetero) is 1. The second-order valence-corrected chi connectivity index (χ2v) is 7.53. The fourth-order valence-electron chi connectivity index (χ4n) is 3.74. The van der Waals surface area contributed by atoms with Crippen LogP contribution in [-0.4, -0.2) is 27.6 Å². The summed E-state index contributed by atoms with van der Waals surface area (Å²) >= 11 is 6.15. The number of aromatic amines is 1. The van der Waals surface area contributed by atoms with Crippen LogP contribution in [0.3, 0.4) is 0 Å². The minimum atomic E-state index is -0.409. The quantitative estimate of drug-likeness (QED) is 0.860. The molecule has 4 nitrogen and oxygen atoms in total. The molecule has 0 unspecified atom stereocenters. The van der Waals surface area contributed by atoms with Gasteiger partial charge in [-0.2, -0.15) is 0 Å². The molecule has 4 rings (SSSR count). The molecule has 1 aromatic heterocycles. The number of H-pyrrole nitrogens is 1. The standard InChI is InChI=1S/C20H20ClFN2O2/c1-11-18-16(6-3-7-17(18)25)23-19(11)20(26)24(12-8-9-12)10-13-14(21)4-2-5-15(13)22/h2,4-5,12,23H,3,6-10H2,1H3. The topological polar surface area (TPSA) is 53.2 Å². The summed E-state index contributed by atoms with van der Waals surface area (Å²) in [5.74, 6) is -0.505. The van der Waals surface area contributed by atoms with Gasteiger partial charge < -0.3 is 9.88 Å². The number of carbonyl (C=O) groups excluding carboxylic acids is 2. The van der Waals surface area contributed by atoms with E-state index >= 15 is 0 Å². The lowest BCUT2D eigenvalue weighted by atomic mass is 9.93. The van der Waals surface area contributed by atoms with Crippen LogP contribution in [0.2, 0.25) is 5.02 Å². The van der Waals surface area contributed by atoms with Gasteiger partial charge in [0.15, 0.2) is 5.78 Å². The first-order chi connectivity index (χ1) is 12.5. The molecule has 6 heteroatoms. The molecular weight excluding hydrogens is 355 g/mol. The number of benzene rings is 1. The summed E-state index contributed by atoms with van der Waals surface area (Å²) in [6.45, 7) is 1.94. The van der Waals surface area contributed by atoms with Gasteiger partial charge in [-0.25, -0.2) is 4.39 Å². The van der Waals surface area contributed by atoms with Crippen molar-refractivity contribution in [2.75, 3.05) is 0 Å². The van der Waals surface area contributed by atoms with E-state index in [-0.39, 0.29) is 24.3 Å². The maximum Gasteiger partial charge on any atom is 0.271 e. The molecule has 0 radical (unpaired) electrons. The zero-order valence-corrected chi connectivity index (χ0v) is 15.3. The van der Waals surface area contributed by atoms with Gasteiger partial charge in [-0.15, -0.1) is 0 Å². The van der Waals surface area contributed by atoms with Crippen LogP contribution in [0.25, 0.3) is 0 Å². The van der Waals surface area contributed by atoms with Crippen LogP contribution in [-0.2, 0) is 13.0 Å². The lowest BCUT2D eigenvalue weighted by Crippen LogP contribution is -2.33. The van der Waals surface area contributed by atoms with Crippen molar-refractivity contribution in [3.8, 4) is 0 Å². The van der Waals surface area contributed by atoms with Crippen LogP contribution in [0.5, 0.6) is 0 Å². The molecule has 0 bridgehead atoms. The molecule has 1 aromatic carbocycles. The highest BCUT2D eigenvalue weighted by Crippen LogP contribution is 2.34. The Bertz CT molecular complexity index is 881. The summed E-state index contributed by atoms with van der Waals surface area (Å²) in [6, 6.07) is 4.63. The largest absolute Gasteiger partial charge is 0.354 e. The molecular formula is C20H20ClFN2O2. The second-order valence-electron chi connectivity index (χ2n) is 7.12. The highest BCUT2D eigenvalue weighted by Gasteiger charge is 2.36. The fraction of sp³-hybridized carbons (Fsp3) is 0.400. The molecule has 0 atom stereocenters. The monoisotopic (exact) mass is 374 g/mol. The Balaban J connectivity index is 1.68. The third-order valence-electron chi connectivity index (χ3n) is 5.29. The number of aromatic nitrogens is 1. The Labute approximate surface area is 156 Å². The second kappa shape index (κ2) is 6.54. The number of carbonyl (C=O) groups is 2. The average molecular weight is 375 g/mol. The van der Waals surface area contributed by atoms with Gasteiger partial charge in [0.1, 0.15) is 11.5 Å². The molecule has 1 saturated carbocycles. The number of nitrogens with one attached hydrogen (secondary N) is 1. The number of hydrogen-bond donors (Lipinski definition) is 1. The third-order valence-corrected chi connectivity index (χ3v) is 5.64. The van der Waals surface area contributed by atoms with E-state index in [2.05, 4.69) is 4.98 Å². The zero-order valence-electron chi connectivity index (χ0n) is 14.6. The van der Waals surface area contributed by atoms with Crippen molar-refractivity contribution in [2.24, 2.45) is 0 Å². The van der Waals surface area contributed by atoms with E-state index in [1.54, 1.807) is 17.0 Å². The van der Waals surface area contributed by atoms with Gasteiger partial charge in [0.25, 0.3) is 5.91 Å². The average Bonchev–Trinajstić information content (AvgIpc) is 3.38. The van der Waals surface area contributed by atoms with E-state index in [4.69, 9.17) is 11.6 Å². The summed E-state index contributed by atoms with van der Waals surface area (Å²) < 4.78 is 14.2. The van der Waals surface area contributed by atoms with Gasteiger partial charge in [-0.1, -0.05) is 17.7 Å². The number of hydrogen-bond acceptors (Lipinski definition) is 2. The summed E-state index contributed by atoms with van der Waals surface area (Å²) in [5.41, 5.74) is 3.00. The minimum Gasteiger partial charge on any atom is -0.354 e. The number of aryl methyl sites for hydroxylation is 1. The molecule has 1 fully saturated rings. The van der Waals surface area contributed by atoms with Crippen LogP contribution in [0, 0.1) is 12.7 Å². The highest BCUT2D eigenvalue weighted by molar-refractivity contribution is 6.31. The van der Waals surface area contributed by atoms with Crippen molar-refractivity contribution < 1.29 is 14.0 Å². The SMILES string of the molecule is Cc1c(C(=O)N(Cc2c(F)cccc2Cl)C2CC2)[nH]c2c1C(=O)CCC2. The predicted molar refractivity (Wildman–Crippen MR) is 97.1 cm³/mol. The molecule has 2 aromatic rings. The molecule has 0 saturated heterocycles. The fourth-order valence-corrected chi connectivity index (χ4v) is 3.96. The number of ketones is 1. The van der Waals surface area contributed by atoms with Crippen molar-refractivity contribution in [3.63, 3.8) is 0 Å². The van der Waals surface area contributed by atoms with Gasteiger partial charge in [-0.3, -0.25) is 9.59 Å². The van der Waals surface area contributed by atoms with E-state index < -0.39 is 5.82 Å². The lowest BCUT2D eigenvalue weighted by Gasteiger charge is -2.23. The number of amides is 1. The van der Waals surface area contributed by atoms with Crippen LogP contribution < -0.4 is 0 Å². The third kappa shape index (κ3) is 2.94. The van der Waals surface area contributed by atoms with Crippen molar-refractivity contribution >= 4 is 23.3 Å². The lowest BCUT2D eigenvalue weighted by molar-refractivity contribution is 0.0722. The molecule has 1 heterocycles. The molecule has 1 amide bonds. The predicted octanol–water partition coefficient (Wildman–Crippen LogP) is 4.44. The smallest absolute Gasteiger partial charge is 0.271 e. The van der Waals surface area contributed by atoms with Gasteiger partial charge >= 0.3 is 0 Å². The summed E-state index contributed by atoms with van der Waals surface area (Å²) in [7, 11) is 0. The number of nitrogens with zero attached hydrogens (tertiary/aromatic N) is 1. The Morgan fingerprint density at radius 1 is 1.35 bits per heavy atom. The highest BCUT2D eigenvalue weighted by atomic mass is 35.5. The first-order valence-electron chi connectivity index (χ1n) is 8.96. The molecule has 1 N–H and O–H groups in total. The summed E-state index contributed by atoms with van der Waals surface area (Å²) in [5, 5.41) is 0.320. The van der Waals surface area contributed by atoms with Crippen LogP contribution >= 0.6 is 11.6 Å². The van der Waals surface area contributed by atoms with Gasteiger partial charge in [0, 0.05) is 34.3 Å². The van der Waals surface area contributed by atoms with E-state index in [9.17, 15) is 14.0 Å². The van der Waals surface area contributed by atoms with Crippen LogP contribution in [0.15, 0.2) is 18.2 Å². The number of halogens is 2. The first kappa shape index (κ1) is 17.3. The molecule has 2 aliphatic rings. The van der Waals surface area contributed by atoms with Crippen molar-refractivity contribution in [2.45, 2.75) is 51.6 Å². The van der Waals surface area contributed by atoms with Crippen molar-refractivity contribution in [3.05, 3.63) is 57.1 Å². The molecule has 0 spiro atoms. The minimum absolute atomic E-state index is 0.0913. The van der Waals surface area contributed by atoms with E-state index in [1.807, 2.05) is 6.92 Å². The normalized spacial score (nSPS) is 16.5. The number of fused-ring (bicyclic) bond motifs is 1. The van der Waals surface area contributed by atoms with Gasteiger partial charge in [-0.05, 0) is 50.3 Å². The Morgan fingerprint density at radius 2 is 2.12 bits per heavy atom. The van der Waals surface area contributed by atoms with Gasteiger partial charge in [0.05, 0.1) is 6.54 Å². The van der Waals surface area contributed by atoms with Crippen LogP contribution in [0.1, 0.15) is 63.4 Å². The van der Waals surface area contributed by atoms with E-state index in [0.29, 0.717) is 33.8 Å². The molecule has 0 aliphatic heterocycles. The van der Waals surface area contributed by atoms with Crippen LogP contribution in [0.4, 0.5) is 4.39 Å². The van der Waals surface area contributed by atoms with Crippen molar-refractivity contribution in [1.29, 1.82) is 0 Å². The Morgan fingerprint density at radius 3 is 2.77 bits per heavy atom. The summed E-state index contributed by atoms with van der Waals surface area (Å²) in [6.07, 6.45) is 3.90. The van der Waals surface area contributed by atoms with Crippen molar-refractivity contribution in [1.82, 2.24) is 9.88 Å². The number of rotatable bonds is 4. The summed E-state index contributed by atoms with van der Waals surface area (Å²) in [4.78, 5) is 30.3. The van der Waals surface area contributed by atoms with E-state index in [1.165, 1.54) is 6.07 Å². The molecule has 2 aliphatic carbocycles. The Kier molecular flexibility index (Phi) is 4.35. The van der Waals surface area contributed by atoms with Gasteiger partial charge in [0.2, 0.25) is 0 Å². The Hall–Kier alpha value is -2.14. The zero-order chi connectivity index (χ0) is 18.4. The van der Waals surface area contributed by atoms with E-state index in [0.717, 1.165) is 31.4 Å².